The standard InChI is InChI=1S/C20H39N5O/c1-24(2)18-11-10-16(13-21-18)19-22-20(26-23-19)17-9-6-12-25(17)14-15-7-4-3-5-8-15/h15-23H,3-14H2,1-2H3. The fourth-order valence-electron chi connectivity index (χ4n) is 5.53. The van der Waals surface area contributed by atoms with Crippen LogP contribution in [-0.2, 0) is 4.84 Å². The normalized spacial score (nSPS) is 40.5. The first-order valence-corrected chi connectivity index (χ1v) is 11.0. The summed E-state index contributed by atoms with van der Waals surface area (Å²) in [6.45, 7) is 3.59. The summed E-state index contributed by atoms with van der Waals surface area (Å²) in [6.07, 6.45) is 13.2. The van der Waals surface area contributed by atoms with Crippen LogP contribution >= 0.6 is 0 Å². The minimum absolute atomic E-state index is 0.151. The minimum Gasteiger partial charge on any atom is -0.301 e. The molecule has 0 aromatic rings. The van der Waals surface area contributed by atoms with Crippen LogP contribution in [0.15, 0.2) is 0 Å². The quantitative estimate of drug-likeness (QED) is 0.689. The number of likely N-dealkylation sites (tertiary alicyclic amines) is 1. The van der Waals surface area contributed by atoms with Crippen LogP contribution in [0.2, 0.25) is 0 Å². The van der Waals surface area contributed by atoms with Gasteiger partial charge < -0.3 is 5.32 Å². The highest BCUT2D eigenvalue weighted by atomic mass is 16.7. The number of nitrogens with zero attached hydrogens (tertiary/aromatic N) is 2. The molecule has 0 bridgehead atoms. The number of hydroxylamine groups is 1. The number of hydrogen-bond donors (Lipinski definition) is 3. The molecule has 3 saturated heterocycles. The maximum atomic E-state index is 6.06. The van der Waals surface area contributed by atoms with Crippen molar-refractivity contribution in [2.24, 2.45) is 11.8 Å². The van der Waals surface area contributed by atoms with Gasteiger partial charge in [0.2, 0.25) is 0 Å². The van der Waals surface area contributed by atoms with Crippen LogP contribution in [0.4, 0.5) is 0 Å². The maximum absolute atomic E-state index is 6.06. The van der Waals surface area contributed by atoms with Gasteiger partial charge in [0.25, 0.3) is 0 Å². The molecule has 0 amide bonds. The van der Waals surface area contributed by atoms with Crippen molar-refractivity contribution < 1.29 is 4.84 Å². The van der Waals surface area contributed by atoms with Crippen molar-refractivity contribution in [3.05, 3.63) is 0 Å². The lowest BCUT2D eigenvalue weighted by molar-refractivity contribution is -0.0272. The van der Waals surface area contributed by atoms with Crippen LogP contribution in [-0.4, -0.2) is 68.1 Å². The van der Waals surface area contributed by atoms with E-state index in [0.717, 1.165) is 12.5 Å². The molecule has 1 saturated carbocycles. The van der Waals surface area contributed by atoms with Gasteiger partial charge in [-0.3, -0.25) is 20.0 Å². The Bertz CT molecular complexity index is 434. The molecule has 3 aliphatic heterocycles. The fraction of sp³-hybridized carbons (Fsp3) is 1.00. The van der Waals surface area contributed by atoms with E-state index >= 15 is 0 Å². The first kappa shape index (κ1) is 19.1. The van der Waals surface area contributed by atoms with Crippen molar-refractivity contribution in [2.45, 2.75) is 82.4 Å². The lowest BCUT2D eigenvalue weighted by Gasteiger charge is -2.36. The first-order chi connectivity index (χ1) is 12.7. The number of piperidine rings is 1. The van der Waals surface area contributed by atoms with E-state index in [1.807, 2.05) is 0 Å². The summed E-state index contributed by atoms with van der Waals surface area (Å²) in [4.78, 5) is 11.1. The highest BCUT2D eigenvalue weighted by Crippen LogP contribution is 2.30. The SMILES string of the molecule is CN(C)C1CCC(C2NOC(C3CCCN3CC3CCCCC3)N2)CN1. The van der Waals surface area contributed by atoms with E-state index in [-0.39, 0.29) is 12.4 Å². The number of nitrogens with one attached hydrogen (secondary N) is 3. The minimum atomic E-state index is 0.151. The molecule has 0 radical (unpaired) electrons. The average Bonchev–Trinajstić information content (AvgIpc) is 3.32. The molecule has 6 heteroatoms. The predicted molar refractivity (Wildman–Crippen MR) is 104 cm³/mol. The molecular weight excluding hydrogens is 326 g/mol. The molecule has 6 nitrogen and oxygen atoms in total. The zero-order valence-electron chi connectivity index (χ0n) is 16.8. The van der Waals surface area contributed by atoms with Crippen LogP contribution < -0.4 is 16.1 Å². The summed E-state index contributed by atoms with van der Waals surface area (Å²) in [5, 5.41) is 7.46. The fourth-order valence-corrected chi connectivity index (χ4v) is 5.53. The van der Waals surface area contributed by atoms with Gasteiger partial charge in [0.05, 0.1) is 18.4 Å². The smallest absolute Gasteiger partial charge is 0.146 e. The Morgan fingerprint density at radius 1 is 1.00 bits per heavy atom. The monoisotopic (exact) mass is 365 g/mol. The summed E-state index contributed by atoms with van der Waals surface area (Å²) in [6, 6.07) is 0.542. The van der Waals surface area contributed by atoms with Crippen LogP contribution in [0.25, 0.3) is 0 Å². The molecule has 5 atom stereocenters. The Morgan fingerprint density at radius 2 is 1.85 bits per heavy atom. The van der Waals surface area contributed by atoms with E-state index in [1.165, 1.54) is 70.9 Å². The van der Waals surface area contributed by atoms with Crippen molar-refractivity contribution in [2.75, 3.05) is 33.7 Å². The Hall–Kier alpha value is -0.240. The van der Waals surface area contributed by atoms with E-state index in [9.17, 15) is 0 Å². The van der Waals surface area contributed by atoms with Gasteiger partial charge in [-0.05, 0) is 65.1 Å². The zero-order valence-corrected chi connectivity index (χ0v) is 16.8. The predicted octanol–water partition coefficient (Wildman–Crippen LogP) is 1.70. The molecule has 1 aliphatic carbocycles. The summed E-state index contributed by atoms with van der Waals surface area (Å²) < 4.78 is 0. The van der Waals surface area contributed by atoms with E-state index < -0.39 is 0 Å². The maximum Gasteiger partial charge on any atom is 0.146 e. The third kappa shape index (κ3) is 4.42. The topological polar surface area (TPSA) is 51.8 Å². The highest BCUT2D eigenvalue weighted by Gasteiger charge is 2.41. The van der Waals surface area contributed by atoms with Gasteiger partial charge in [-0.15, -0.1) is 0 Å². The van der Waals surface area contributed by atoms with Crippen molar-refractivity contribution in [3.8, 4) is 0 Å². The third-order valence-electron chi connectivity index (χ3n) is 7.17. The Morgan fingerprint density at radius 3 is 2.58 bits per heavy atom. The van der Waals surface area contributed by atoms with E-state index in [2.05, 4.69) is 40.0 Å². The van der Waals surface area contributed by atoms with E-state index in [1.54, 1.807) is 0 Å². The van der Waals surface area contributed by atoms with Crippen molar-refractivity contribution in [3.63, 3.8) is 0 Å². The Kier molecular flexibility index (Phi) is 6.49. The summed E-state index contributed by atoms with van der Waals surface area (Å²) >= 11 is 0. The van der Waals surface area contributed by atoms with Gasteiger partial charge in [-0.25, -0.2) is 0 Å². The van der Waals surface area contributed by atoms with Crippen molar-refractivity contribution >= 4 is 0 Å². The summed E-state index contributed by atoms with van der Waals surface area (Å²) in [7, 11) is 4.31. The molecule has 5 unspecified atom stereocenters. The second-order valence-corrected chi connectivity index (χ2v) is 9.23. The van der Waals surface area contributed by atoms with Gasteiger partial charge in [-0.2, -0.15) is 5.48 Å². The molecule has 26 heavy (non-hydrogen) atoms. The molecule has 0 aromatic carbocycles. The Balaban J connectivity index is 1.26. The number of hydrogen-bond acceptors (Lipinski definition) is 6. The van der Waals surface area contributed by atoms with E-state index in [4.69, 9.17) is 4.84 Å². The van der Waals surface area contributed by atoms with Crippen molar-refractivity contribution in [1.29, 1.82) is 0 Å². The molecule has 3 heterocycles. The molecule has 0 aromatic heterocycles. The summed E-state index contributed by atoms with van der Waals surface area (Å²) in [5.41, 5.74) is 3.33. The molecule has 4 rings (SSSR count). The van der Waals surface area contributed by atoms with Gasteiger partial charge in [-0.1, -0.05) is 19.3 Å². The lowest BCUT2D eigenvalue weighted by Crippen LogP contribution is -2.54. The lowest BCUT2D eigenvalue weighted by atomic mass is 9.89. The average molecular weight is 366 g/mol. The molecule has 4 aliphatic rings. The molecule has 3 N–H and O–H groups in total. The number of rotatable bonds is 5. The van der Waals surface area contributed by atoms with Crippen molar-refractivity contribution in [1.82, 2.24) is 25.9 Å². The van der Waals surface area contributed by atoms with Crippen LogP contribution in [0, 0.1) is 11.8 Å². The van der Waals surface area contributed by atoms with E-state index in [0.29, 0.717) is 18.1 Å². The second-order valence-electron chi connectivity index (χ2n) is 9.23. The Labute approximate surface area is 159 Å². The van der Waals surface area contributed by atoms with Gasteiger partial charge >= 0.3 is 0 Å². The van der Waals surface area contributed by atoms with Crippen LogP contribution in [0.5, 0.6) is 0 Å². The molecule has 4 fully saturated rings. The summed E-state index contributed by atoms with van der Waals surface area (Å²) in [5.74, 6) is 1.52. The van der Waals surface area contributed by atoms with Gasteiger partial charge in [0.15, 0.2) is 0 Å². The van der Waals surface area contributed by atoms with Crippen LogP contribution in [0.1, 0.15) is 57.8 Å². The third-order valence-corrected chi connectivity index (χ3v) is 7.17. The molecule has 0 spiro atoms. The van der Waals surface area contributed by atoms with Gasteiger partial charge in [0, 0.05) is 19.0 Å². The molecular formula is C20H39N5O. The highest BCUT2D eigenvalue weighted by molar-refractivity contribution is 4.92. The zero-order chi connectivity index (χ0) is 17.9. The van der Waals surface area contributed by atoms with Crippen LogP contribution in [0.3, 0.4) is 0 Å². The largest absolute Gasteiger partial charge is 0.301 e. The van der Waals surface area contributed by atoms with Gasteiger partial charge in [0.1, 0.15) is 6.23 Å². The second kappa shape index (κ2) is 8.84. The molecule has 150 valence electrons. The first-order valence-electron chi connectivity index (χ1n) is 11.0.